The van der Waals surface area contributed by atoms with Crippen LogP contribution in [0.25, 0.3) is 0 Å². The van der Waals surface area contributed by atoms with Crippen LogP contribution in [0.1, 0.15) is 27.3 Å². The van der Waals surface area contributed by atoms with Crippen molar-refractivity contribution in [1.82, 2.24) is 20.3 Å². The van der Waals surface area contributed by atoms with Gasteiger partial charge < -0.3 is 14.8 Å². The normalized spacial score (nSPS) is 10.5. The molecule has 0 aliphatic heterocycles. The van der Waals surface area contributed by atoms with Crippen molar-refractivity contribution in [2.45, 2.75) is 20.0 Å². The van der Waals surface area contributed by atoms with Crippen molar-refractivity contribution in [3.63, 3.8) is 0 Å². The van der Waals surface area contributed by atoms with Crippen LogP contribution in [0.15, 0.2) is 48.5 Å². The van der Waals surface area contributed by atoms with Crippen molar-refractivity contribution in [2.75, 3.05) is 14.2 Å². The average Bonchev–Trinajstić information content (AvgIpc) is 3.07. The zero-order valence-corrected chi connectivity index (χ0v) is 15.6. The Labute approximate surface area is 157 Å². The van der Waals surface area contributed by atoms with Gasteiger partial charge in [0, 0.05) is 6.54 Å². The molecule has 1 aromatic heterocycles. The zero-order chi connectivity index (χ0) is 19.2. The Hall–Kier alpha value is -3.35. The molecule has 0 fully saturated rings. The number of nitrogens with one attached hydrogen (secondary N) is 1. The van der Waals surface area contributed by atoms with Gasteiger partial charge in [0.2, 0.25) is 0 Å². The van der Waals surface area contributed by atoms with Gasteiger partial charge >= 0.3 is 0 Å². The molecular formula is C20H22N4O3. The Morgan fingerprint density at radius 2 is 1.78 bits per heavy atom. The second-order valence-corrected chi connectivity index (χ2v) is 6.04. The summed E-state index contributed by atoms with van der Waals surface area (Å²) in [6.07, 6.45) is 0. The SMILES string of the molecule is COc1ccc(CNC(=O)c2nnn(Cc3ccccc3)c2C)cc1OC. The van der Waals surface area contributed by atoms with Crippen LogP contribution in [-0.2, 0) is 13.1 Å². The maximum Gasteiger partial charge on any atom is 0.274 e. The highest BCUT2D eigenvalue weighted by Crippen LogP contribution is 2.27. The Kier molecular flexibility index (Phi) is 5.71. The van der Waals surface area contributed by atoms with Gasteiger partial charge in [-0.25, -0.2) is 4.68 Å². The first kappa shape index (κ1) is 18.4. The van der Waals surface area contributed by atoms with Gasteiger partial charge in [0.05, 0.1) is 26.5 Å². The van der Waals surface area contributed by atoms with Gasteiger partial charge in [-0.1, -0.05) is 41.6 Å². The Morgan fingerprint density at radius 1 is 1.04 bits per heavy atom. The summed E-state index contributed by atoms with van der Waals surface area (Å²) in [4.78, 5) is 12.5. The van der Waals surface area contributed by atoms with E-state index in [9.17, 15) is 4.79 Å². The van der Waals surface area contributed by atoms with Crippen LogP contribution < -0.4 is 14.8 Å². The third-order valence-corrected chi connectivity index (χ3v) is 4.27. The van der Waals surface area contributed by atoms with Crippen LogP contribution >= 0.6 is 0 Å². The van der Waals surface area contributed by atoms with Crippen LogP contribution in [0.2, 0.25) is 0 Å². The summed E-state index contributed by atoms with van der Waals surface area (Å²) >= 11 is 0. The number of ether oxygens (including phenoxy) is 2. The van der Waals surface area contributed by atoms with Gasteiger partial charge in [-0.2, -0.15) is 0 Å². The molecule has 0 atom stereocenters. The molecule has 0 aliphatic carbocycles. The lowest BCUT2D eigenvalue weighted by molar-refractivity contribution is 0.0945. The van der Waals surface area contributed by atoms with E-state index < -0.39 is 0 Å². The highest BCUT2D eigenvalue weighted by molar-refractivity contribution is 5.93. The summed E-state index contributed by atoms with van der Waals surface area (Å²) in [5.41, 5.74) is 3.05. The predicted octanol–water partition coefficient (Wildman–Crippen LogP) is 2.58. The molecule has 3 rings (SSSR count). The minimum atomic E-state index is -0.262. The lowest BCUT2D eigenvalue weighted by atomic mass is 10.2. The quantitative estimate of drug-likeness (QED) is 0.695. The van der Waals surface area contributed by atoms with Crippen molar-refractivity contribution in [1.29, 1.82) is 0 Å². The fourth-order valence-electron chi connectivity index (χ4n) is 2.73. The summed E-state index contributed by atoms with van der Waals surface area (Å²) < 4.78 is 12.2. The molecule has 27 heavy (non-hydrogen) atoms. The fraction of sp³-hybridized carbons (Fsp3) is 0.250. The number of aromatic nitrogens is 3. The number of carbonyl (C=O) groups is 1. The summed E-state index contributed by atoms with van der Waals surface area (Å²) in [6, 6.07) is 15.4. The molecule has 0 aliphatic rings. The maximum atomic E-state index is 12.5. The molecule has 0 saturated heterocycles. The van der Waals surface area contributed by atoms with Crippen molar-refractivity contribution in [3.8, 4) is 11.5 Å². The Morgan fingerprint density at radius 3 is 2.48 bits per heavy atom. The van der Waals surface area contributed by atoms with E-state index in [-0.39, 0.29) is 5.91 Å². The molecule has 1 amide bonds. The third-order valence-electron chi connectivity index (χ3n) is 4.27. The second-order valence-electron chi connectivity index (χ2n) is 6.04. The zero-order valence-electron chi connectivity index (χ0n) is 15.6. The smallest absolute Gasteiger partial charge is 0.274 e. The van der Waals surface area contributed by atoms with E-state index in [0.717, 1.165) is 16.8 Å². The van der Waals surface area contributed by atoms with E-state index in [2.05, 4.69) is 15.6 Å². The lowest BCUT2D eigenvalue weighted by Gasteiger charge is -2.10. The van der Waals surface area contributed by atoms with Crippen LogP contribution in [0, 0.1) is 6.92 Å². The first-order chi connectivity index (χ1) is 13.1. The van der Waals surface area contributed by atoms with Crippen LogP contribution in [0.4, 0.5) is 0 Å². The van der Waals surface area contributed by atoms with Gasteiger partial charge in [-0.3, -0.25) is 4.79 Å². The molecule has 7 nitrogen and oxygen atoms in total. The molecule has 0 saturated carbocycles. The molecule has 0 bridgehead atoms. The maximum absolute atomic E-state index is 12.5. The summed E-state index contributed by atoms with van der Waals surface area (Å²) in [7, 11) is 3.16. The van der Waals surface area contributed by atoms with Crippen molar-refractivity contribution >= 4 is 5.91 Å². The number of amides is 1. The van der Waals surface area contributed by atoms with E-state index >= 15 is 0 Å². The molecule has 0 unspecified atom stereocenters. The summed E-state index contributed by atoms with van der Waals surface area (Å²) in [5.74, 6) is 1.00. The van der Waals surface area contributed by atoms with Crippen LogP contribution in [0.5, 0.6) is 11.5 Å². The molecule has 2 aromatic carbocycles. The highest BCUT2D eigenvalue weighted by atomic mass is 16.5. The van der Waals surface area contributed by atoms with Gasteiger partial charge in [0.1, 0.15) is 0 Å². The van der Waals surface area contributed by atoms with Crippen molar-refractivity contribution in [3.05, 3.63) is 71.0 Å². The minimum absolute atomic E-state index is 0.262. The van der Waals surface area contributed by atoms with Gasteiger partial charge in [0.15, 0.2) is 17.2 Å². The molecule has 1 heterocycles. The molecule has 3 aromatic rings. The minimum Gasteiger partial charge on any atom is -0.493 e. The van der Waals surface area contributed by atoms with E-state index in [0.29, 0.717) is 30.3 Å². The molecule has 0 radical (unpaired) electrons. The topological polar surface area (TPSA) is 78.3 Å². The van der Waals surface area contributed by atoms with Crippen LogP contribution in [0.3, 0.4) is 0 Å². The number of hydrogen-bond donors (Lipinski definition) is 1. The number of rotatable bonds is 7. The van der Waals surface area contributed by atoms with E-state index in [1.807, 2.05) is 55.5 Å². The summed E-state index contributed by atoms with van der Waals surface area (Å²) in [6.45, 7) is 2.76. The van der Waals surface area contributed by atoms with E-state index in [1.54, 1.807) is 18.9 Å². The Bertz CT molecular complexity index is 922. The molecule has 140 valence electrons. The number of hydrogen-bond acceptors (Lipinski definition) is 5. The molecule has 1 N–H and O–H groups in total. The number of benzene rings is 2. The number of methoxy groups -OCH3 is 2. The number of nitrogens with zero attached hydrogens (tertiary/aromatic N) is 3. The standard InChI is InChI=1S/C20H22N4O3/c1-14-19(22-23-24(14)13-15-7-5-4-6-8-15)20(25)21-12-16-9-10-17(26-2)18(11-16)27-3/h4-11H,12-13H2,1-3H3,(H,21,25). The first-order valence-electron chi connectivity index (χ1n) is 8.55. The molecule has 7 heteroatoms. The van der Waals surface area contributed by atoms with Gasteiger partial charge in [-0.15, -0.1) is 5.10 Å². The third kappa shape index (κ3) is 4.25. The van der Waals surface area contributed by atoms with E-state index in [4.69, 9.17) is 9.47 Å². The van der Waals surface area contributed by atoms with Gasteiger partial charge in [0.25, 0.3) is 5.91 Å². The Balaban J connectivity index is 1.66. The van der Waals surface area contributed by atoms with Crippen molar-refractivity contribution in [2.24, 2.45) is 0 Å². The lowest BCUT2D eigenvalue weighted by Crippen LogP contribution is -2.24. The molecular weight excluding hydrogens is 344 g/mol. The fourth-order valence-corrected chi connectivity index (χ4v) is 2.73. The largest absolute Gasteiger partial charge is 0.493 e. The monoisotopic (exact) mass is 366 g/mol. The van der Waals surface area contributed by atoms with E-state index in [1.165, 1.54) is 0 Å². The second kappa shape index (κ2) is 8.35. The van der Waals surface area contributed by atoms with Crippen molar-refractivity contribution < 1.29 is 14.3 Å². The van der Waals surface area contributed by atoms with Crippen LogP contribution in [-0.4, -0.2) is 35.1 Å². The predicted molar refractivity (Wildman–Crippen MR) is 101 cm³/mol. The first-order valence-corrected chi connectivity index (χ1v) is 8.55. The average molecular weight is 366 g/mol. The molecule has 0 spiro atoms. The summed E-state index contributed by atoms with van der Waals surface area (Å²) in [5, 5.41) is 11.0. The number of carbonyl (C=O) groups excluding carboxylic acids is 1. The highest BCUT2D eigenvalue weighted by Gasteiger charge is 2.16. The van der Waals surface area contributed by atoms with Gasteiger partial charge in [-0.05, 0) is 30.2 Å².